The average molecular weight is 236 g/mol. The molecular weight excluding hydrogens is 224 g/mol. The van der Waals surface area contributed by atoms with Gasteiger partial charge in [-0.2, -0.15) is 5.26 Å². The molecule has 3 heteroatoms. The van der Waals surface area contributed by atoms with Crippen molar-refractivity contribution in [2.45, 2.75) is 12.8 Å². The van der Waals surface area contributed by atoms with Crippen molar-refractivity contribution in [1.29, 1.82) is 5.26 Å². The number of ether oxygens (including phenoxy) is 1. The van der Waals surface area contributed by atoms with Crippen LogP contribution < -0.4 is 10.1 Å². The van der Waals surface area contributed by atoms with Crippen LogP contribution in [0, 0.1) is 11.3 Å². The van der Waals surface area contributed by atoms with Gasteiger partial charge in [0.2, 0.25) is 0 Å². The Morgan fingerprint density at radius 3 is 2.67 bits per heavy atom. The van der Waals surface area contributed by atoms with E-state index in [9.17, 15) is 0 Å². The molecule has 1 atom stereocenters. The zero-order valence-corrected chi connectivity index (χ0v) is 9.76. The van der Waals surface area contributed by atoms with Crippen molar-refractivity contribution in [1.82, 2.24) is 5.32 Å². The molecule has 0 aliphatic carbocycles. The lowest BCUT2D eigenvalue weighted by Crippen LogP contribution is -2.30. The van der Waals surface area contributed by atoms with Gasteiger partial charge < -0.3 is 4.74 Å². The molecule has 18 heavy (non-hydrogen) atoms. The first-order chi connectivity index (χ1) is 8.86. The Hall–Kier alpha value is -2.31. The lowest BCUT2D eigenvalue weighted by molar-refractivity contribution is 0.144. The molecule has 0 fully saturated rings. The summed E-state index contributed by atoms with van der Waals surface area (Å²) in [6.07, 6.45) is -0.146. The molecule has 3 rings (SSSR count). The van der Waals surface area contributed by atoms with Gasteiger partial charge in [-0.1, -0.05) is 30.3 Å². The topological polar surface area (TPSA) is 45.0 Å². The van der Waals surface area contributed by atoms with Gasteiger partial charge in [0.15, 0.2) is 6.23 Å². The second kappa shape index (κ2) is 4.52. The van der Waals surface area contributed by atoms with E-state index >= 15 is 0 Å². The predicted octanol–water partition coefficient (Wildman–Crippen LogP) is 2.74. The van der Waals surface area contributed by atoms with Crippen LogP contribution in [0.25, 0.3) is 0 Å². The van der Waals surface area contributed by atoms with Crippen LogP contribution in [0.5, 0.6) is 5.75 Å². The molecule has 1 heterocycles. The Labute approximate surface area is 106 Å². The second-order valence-corrected chi connectivity index (χ2v) is 4.22. The first-order valence-electron chi connectivity index (χ1n) is 5.85. The van der Waals surface area contributed by atoms with E-state index < -0.39 is 0 Å². The molecule has 3 nitrogen and oxygen atoms in total. The van der Waals surface area contributed by atoms with E-state index in [2.05, 4.69) is 17.5 Å². The number of benzene rings is 2. The van der Waals surface area contributed by atoms with E-state index in [0.717, 1.165) is 17.9 Å². The molecule has 0 spiro atoms. The number of rotatable bonds is 1. The van der Waals surface area contributed by atoms with Crippen molar-refractivity contribution in [3.8, 4) is 11.8 Å². The van der Waals surface area contributed by atoms with Gasteiger partial charge in [-0.15, -0.1) is 0 Å². The number of nitriles is 1. The van der Waals surface area contributed by atoms with E-state index in [1.54, 1.807) is 12.1 Å². The minimum absolute atomic E-state index is 0.146. The molecule has 1 aliphatic rings. The van der Waals surface area contributed by atoms with Gasteiger partial charge >= 0.3 is 0 Å². The van der Waals surface area contributed by atoms with Crippen LogP contribution in [0.4, 0.5) is 0 Å². The Bertz CT molecular complexity index is 599. The number of fused-ring (bicyclic) bond motifs is 1. The summed E-state index contributed by atoms with van der Waals surface area (Å²) in [5, 5.41) is 12.1. The molecule has 0 bridgehead atoms. The largest absolute Gasteiger partial charge is 0.471 e. The monoisotopic (exact) mass is 236 g/mol. The maximum atomic E-state index is 8.77. The van der Waals surface area contributed by atoms with Crippen LogP contribution >= 0.6 is 0 Å². The van der Waals surface area contributed by atoms with Crippen molar-refractivity contribution in [2.75, 3.05) is 0 Å². The molecule has 0 radical (unpaired) electrons. The minimum Gasteiger partial charge on any atom is -0.471 e. The smallest absolute Gasteiger partial charge is 0.176 e. The van der Waals surface area contributed by atoms with E-state index in [0.29, 0.717) is 5.56 Å². The first kappa shape index (κ1) is 10.8. The Morgan fingerprint density at radius 2 is 1.89 bits per heavy atom. The lowest BCUT2D eigenvalue weighted by atomic mass is 10.1. The number of nitrogens with zero attached hydrogens (tertiary/aromatic N) is 1. The SMILES string of the molecule is N#Cc1ccc(C2NCc3ccccc3O2)cc1. The third-order valence-electron chi connectivity index (χ3n) is 3.04. The Balaban J connectivity index is 1.85. The zero-order valence-electron chi connectivity index (χ0n) is 9.76. The third kappa shape index (κ3) is 1.94. The molecule has 0 amide bonds. The Morgan fingerprint density at radius 1 is 1.11 bits per heavy atom. The molecule has 2 aromatic carbocycles. The first-order valence-corrected chi connectivity index (χ1v) is 5.85. The predicted molar refractivity (Wildman–Crippen MR) is 67.8 cm³/mol. The highest BCUT2D eigenvalue weighted by atomic mass is 16.5. The summed E-state index contributed by atoms with van der Waals surface area (Å²) < 4.78 is 5.90. The fourth-order valence-corrected chi connectivity index (χ4v) is 2.05. The van der Waals surface area contributed by atoms with Crippen LogP contribution in [0.2, 0.25) is 0 Å². The summed E-state index contributed by atoms with van der Waals surface area (Å²) in [4.78, 5) is 0. The number of hydrogen-bond acceptors (Lipinski definition) is 3. The van der Waals surface area contributed by atoms with Gasteiger partial charge in [0.05, 0.1) is 11.6 Å². The Kier molecular flexibility index (Phi) is 2.71. The molecule has 2 aromatic rings. The van der Waals surface area contributed by atoms with Gasteiger partial charge in [0.1, 0.15) is 5.75 Å². The van der Waals surface area contributed by atoms with Crippen LogP contribution in [0.15, 0.2) is 48.5 Å². The van der Waals surface area contributed by atoms with E-state index in [1.807, 2.05) is 30.3 Å². The van der Waals surface area contributed by atoms with Gasteiger partial charge in [-0.3, -0.25) is 5.32 Å². The van der Waals surface area contributed by atoms with E-state index in [4.69, 9.17) is 10.00 Å². The third-order valence-corrected chi connectivity index (χ3v) is 3.04. The van der Waals surface area contributed by atoms with Crippen LogP contribution in [-0.4, -0.2) is 0 Å². The summed E-state index contributed by atoms with van der Waals surface area (Å²) in [5.41, 5.74) is 2.86. The quantitative estimate of drug-likeness (QED) is 0.828. The fraction of sp³-hybridized carbons (Fsp3) is 0.133. The number of para-hydroxylation sites is 1. The number of hydrogen-bond donors (Lipinski definition) is 1. The standard InChI is InChI=1S/C15H12N2O/c16-9-11-5-7-12(8-6-11)15-17-10-13-3-1-2-4-14(13)18-15/h1-8,15,17H,10H2. The zero-order chi connectivity index (χ0) is 12.4. The summed E-state index contributed by atoms with van der Waals surface area (Å²) in [6, 6.07) is 17.6. The summed E-state index contributed by atoms with van der Waals surface area (Å²) >= 11 is 0. The van der Waals surface area contributed by atoms with Crippen molar-refractivity contribution >= 4 is 0 Å². The highest BCUT2D eigenvalue weighted by Crippen LogP contribution is 2.28. The maximum absolute atomic E-state index is 8.77. The molecule has 0 saturated heterocycles. The fourth-order valence-electron chi connectivity index (χ4n) is 2.05. The maximum Gasteiger partial charge on any atom is 0.176 e. The lowest BCUT2D eigenvalue weighted by Gasteiger charge is -2.27. The van der Waals surface area contributed by atoms with Crippen molar-refractivity contribution in [2.24, 2.45) is 0 Å². The normalized spacial score (nSPS) is 17.4. The molecule has 0 saturated carbocycles. The van der Waals surface area contributed by atoms with Gasteiger partial charge in [0, 0.05) is 17.7 Å². The summed E-state index contributed by atoms with van der Waals surface area (Å²) in [7, 11) is 0. The number of nitrogens with one attached hydrogen (secondary N) is 1. The molecular formula is C15H12N2O. The summed E-state index contributed by atoms with van der Waals surface area (Å²) in [6.45, 7) is 0.793. The van der Waals surface area contributed by atoms with E-state index in [1.165, 1.54) is 5.56 Å². The molecule has 1 aliphatic heterocycles. The van der Waals surface area contributed by atoms with E-state index in [-0.39, 0.29) is 6.23 Å². The molecule has 0 aromatic heterocycles. The summed E-state index contributed by atoms with van der Waals surface area (Å²) in [5.74, 6) is 0.922. The second-order valence-electron chi connectivity index (χ2n) is 4.22. The van der Waals surface area contributed by atoms with Crippen LogP contribution in [0.3, 0.4) is 0 Å². The molecule has 88 valence electrons. The van der Waals surface area contributed by atoms with Crippen molar-refractivity contribution < 1.29 is 4.74 Å². The highest BCUT2D eigenvalue weighted by Gasteiger charge is 2.19. The van der Waals surface area contributed by atoms with Gasteiger partial charge in [-0.25, -0.2) is 0 Å². The van der Waals surface area contributed by atoms with Gasteiger partial charge in [0.25, 0.3) is 0 Å². The average Bonchev–Trinajstić information content (AvgIpc) is 2.47. The highest BCUT2D eigenvalue weighted by molar-refractivity contribution is 5.37. The molecule has 1 N–H and O–H groups in total. The van der Waals surface area contributed by atoms with Crippen LogP contribution in [-0.2, 0) is 6.54 Å². The van der Waals surface area contributed by atoms with Crippen LogP contribution in [0.1, 0.15) is 22.9 Å². The van der Waals surface area contributed by atoms with Gasteiger partial charge in [-0.05, 0) is 18.2 Å². The van der Waals surface area contributed by atoms with Crippen molar-refractivity contribution in [3.05, 3.63) is 65.2 Å². The van der Waals surface area contributed by atoms with Crippen molar-refractivity contribution in [3.63, 3.8) is 0 Å². The molecule has 1 unspecified atom stereocenters. The minimum atomic E-state index is -0.146.